The van der Waals surface area contributed by atoms with Crippen LogP contribution < -0.4 is 10.1 Å². The molecule has 3 nitrogen and oxygen atoms in total. The van der Waals surface area contributed by atoms with E-state index in [-0.39, 0.29) is 24.6 Å². The molecule has 0 heterocycles. The fraction of sp³-hybridized carbons (Fsp3) is 0.333. The maximum Gasteiger partial charge on any atom is 0.573 e. The van der Waals surface area contributed by atoms with E-state index in [0.29, 0.717) is 4.47 Å². The lowest BCUT2D eigenvalue weighted by atomic mass is 10.3. The summed E-state index contributed by atoms with van der Waals surface area (Å²) >= 11 is 3.05. The summed E-state index contributed by atoms with van der Waals surface area (Å²) in [6.07, 6.45) is -4.74. The molecule has 1 aromatic rings. The van der Waals surface area contributed by atoms with Crippen molar-refractivity contribution in [2.45, 2.75) is 6.36 Å². The zero-order chi connectivity index (χ0) is 12.2. The summed E-state index contributed by atoms with van der Waals surface area (Å²) in [6, 6.07) is 4.21. The van der Waals surface area contributed by atoms with E-state index in [9.17, 15) is 13.2 Å². The minimum atomic E-state index is -4.74. The van der Waals surface area contributed by atoms with Gasteiger partial charge in [0.05, 0.1) is 12.3 Å². The molecule has 0 radical (unpaired) electrons. The Morgan fingerprint density at radius 1 is 1.38 bits per heavy atom. The van der Waals surface area contributed by atoms with Gasteiger partial charge in [-0.15, -0.1) is 13.2 Å². The fourth-order valence-corrected chi connectivity index (χ4v) is 1.38. The highest BCUT2D eigenvalue weighted by molar-refractivity contribution is 9.10. The van der Waals surface area contributed by atoms with Gasteiger partial charge < -0.3 is 15.2 Å². The lowest BCUT2D eigenvalue weighted by molar-refractivity contribution is -0.274. The van der Waals surface area contributed by atoms with Crippen LogP contribution in [0.15, 0.2) is 22.7 Å². The molecule has 0 unspecified atom stereocenters. The fourth-order valence-electron chi connectivity index (χ4n) is 1.04. The minimum Gasteiger partial charge on any atom is -0.404 e. The number of benzene rings is 1. The molecule has 0 saturated heterocycles. The Hall–Kier alpha value is -0.950. The third kappa shape index (κ3) is 4.28. The number of ether oxygens (including phenoxy) is 1. The molecular formula is C9H9BrF3NO2. The van der Waals surface area contributed by atoms with Crippen molar-refractivity contribution < 1.29 is 23.0 Å². The van der Waals surface area contributed by atoms with E-state index >= 15 is 0 Å². The molecule has 0 aromatic heterocycles. The van der Waals surface area contributed by atoms with E-state index in [1.165, 1.54) is 12.1 Å². The van der Waals surface area contributed by atoms with E-state index in [1.807, 2.05) is 0 Å². The maximum atomic E-state index is 12.1. The average molecular weight is 300 g/mol. The highest BCUT2D eigenvalue weighted by Gasteiger charge is 2.32. The number of anilines is 1. The Balaban J connectivity index is 2.89. The van der Waals surface area contributed by atoms with Crippen LogP contribution in [-0.2, 0) is 0 Å². The second kappa shape index (κ2) is 5.40. The molecule has 0 aliphatic rings. The summed E-state index contributed by atoms with van der Waals surface area (Å²) in [6.45, 7) is -0.0304. The molecule has 0 spiro atoms. The first-order valence-electron chi connectivity index (χ1n) is 4.32. The third-order valence-corrected chi connectivity index (χ3v) is 2.09. The van der Waals surface area contributed by atoms with Crippen molar-refractivity contribution in [3.05, 3.63) is 22.7 Å². The van der Waals surface area contributed by atoms with Crippen LogP contribution in [0, 0.1) is 0 Å². The summed E-state index contributed by atoms with van der Waals surface area (Å²) in [5, 5.41) is 11.2. The first kappa shape index (κ1) is 13.1. The van der Waals surface area contributed by atoms with Crippen LogP contribution in [0.4, 0.5) is 18.9 Å². The van der Waals surface area contributed by atoms with Crippen molar-refractivity contribution in [3.63, 3.8) is 0 Å². The molecule has 2 N–H and O–H groups in total. The first-order chi connectivity index (χ1) is 7.42. The number of aliphatic hydroxyl groups is 1. The number of rotatable bonds is 4. The van der Waals surface area contributed by atoms with Gasteiger partial charge in [-0.2, -0.15) is 0 Å². The van der Waals surface area contributed by atoms with Gasteiger partial charge in [-0.05, 0) is 18.2 Å². The van der Waals surface area contributed by atoms with Gasteiger partial charge in [0, 0.05) is 11.0 Å². The number of halogens is 4. The molecular weight excluding hydrogens is 291 g/mol. The molecule has 1 rings (SSSR count). The predicted molar refractivity (Wildman–Crippen MR) is 56.4 cm³/mol. The molecule has 0 fully saturated rings. The normalized spacial score (nSPS) is 11.3. The molecule has 7 heteroatoms. The van der Waals surface area contributed by atoms with Gasteiger partial charge >= 0.3 is 6.36 Å². The van der Waals surface area contributed by atoms with Gasteiger partial charge in [0.2, 0.25) is 0 Å². The highest BCUT2D eigenvalue weighted by Crippen LogP contribution is 2.32. The van der Waals surface area contributed by atoms with Crippen LogP contribution in [0.1, 0.15) is 0 Å². The van der Waals surface area contributed by atoms with E-state index < -0.39 is 6.36 Å². The Labute approximate surface area is 98.3 Å². The average Bonchev–Trinajstić information content (AvgIpc) is 2.14. The van der Waals surface area contributed by atoms with E-state index in [0.717, 1.165) is 0 Å². The second-order valence-corrected chi connectivity index (χ2v) is 3.75. The molecule has 0 bridgehead atoms. The van der Waals surface area contributed by atoms with Crippen molar-refractivity contribution in [2.75, 3.05) is 18.5 Å². The highest BCUT2D eigenvalue weighted by atomic mass is 79.9. The van der Waals surface area contributed by atoms with Crippen LogP contribution in [0.5, 0.6) is 5.75 Å². The van der Waals surface area contributed by atoms with Crippen LogP contribution >= 0.6 is 15.9 Å². The Morgan fingerprint density at radius 3 is 2.62 bits per heavy atom. The van der Waals surface area contributed by atoms with Gasteiger partial charge in [-0.3, -0.25) is 0 Å². The zero-order valence-corrected chi connectivity index (χ0v) is 9.60. The number of alkyl halides is 3. The molecule has 1 aromatic carbocycles. The van der Waals surface area contributed by atoms with Gasteiger partial charge in [0.15, 0.2) is 5.75 Å². The van der Waals surface area contributed by atoms with Crippen LogP contribution in [0.2, 0.25) is 0 Å². The van der Waals surface area contributed by atoms with Gasteiger partial charge in [-0.1, -0.05) is 15.9 Å². The number of aliphatic hydroxyl groups excluding tert-OH is 1. The second-order valence-electron chi connectivity index (χ2n) is 2.84. The standard InChI is InChI=1S/C9H9BrF3NO2/c10-6-1-2-7(14-3-4-15)8(5-6)16-9(11,12)13/h1-2,5,14-15H,3-4H2. The lowest BCUT2D eigenvalue weighted by Crippen LogP contribution is -2.18. The zero-order valence-electron chi connectivity index (χ0n) is 8.01. The molecule has 0 aliphatic heterocycles. The van der Waals surface area contributed by atoms with Crippen molar-refractivity contribution >= 4 is 21.6 Å². The quantitative estimate of drug-likeness (QED) is 0.898. The van der Waals surface area contributed by atoms with E-state index in [1.54, 1.807) is 6.07 Å². The van der Waals surface area contributed by atoms with Crippen molar-refractivity contribution in [3.8, 4) is 5.75 Å². The molecule has 0 saturated carbocycles. The van der Waals surface area contributed by atoms with Crippen molar-refractivity contribution in [1.82, 2.24) is 0 Å². The Bertz CT molecular complexity index is 357. The molecule has 16 heavy (non-hydrogen) atoms. The molecule has 0 aliphatic carbocycles. The number of nitrogens with one attached hydrogen (secondary N) is 1. The van der Waals surface area contributed by atoms with Crippen molar-refractivity contribution in [2.24, 2.45) is 0 Å². The monoisotopic (exact) mass is 299 g/mol. The summed E-state index contributed by atoms with van der Waals surface area (Å²) in [4.78, 5) is 0. The Kier molecular flexibility index (Phi) is 4.43. The summed E-state index contributed by atoms with van der Waals surface area (Å²) < 4.78 is 40.5. The summed E-state index contributed by atoms with van der Waals surface area (Å²) in [5.74, 6) is -0.338. The SMILES string of the molecule is OCCNc1ccc(Br)cc1OC(F)(F)F. The predicted octanol–water partition coefficient (Wildman–Crippen LogP) is 2.75. The van der Waals surface area contributed by atoms with E-state index in [4.69, 9.17) is 5.11 Å². The van der Waals surface area contributed by atoms with Gasteiger partial charge in [0.1, 0.15) is 0 Å². The lowest BCUT2D eigenvalue weighted by Gasteiger charge is -2.14. The third-order valence-electron chi connectivity index (χ3n) is 1.60. The van der Waals surface area contributed by atoms with Crippen LogP contribution in [0.25, 0.3) is 0 Å². The topological polar surface area (TPSA) is 41.5 Å². The number of hydrogen-bond acceptors (Lipinski definition) is 3. The largest absolute Gasteiger partial charge is 0.573 e. The summed E-state index contributed by atoms with van der Waals surface area (Å²) in [5.41, 5.74) is 0.176. The molecule has 0 amide bonds. The molecule has 90 valence electrons. The Morgan fingerprint density at radius 2 is 2.06 bits per heavy atom. The maximum absolute atomic E-state index is 12.1. The van der Waals surface area contributed by atoms with Gasteiger partial charge in [-0.25, -0.2) is 0 Å². The minimum absolute atomic E-state index is 0.149. The molecule has 0 atom stereocenters. The number of hydrogen-bond donors (Lipinski definition) is 2. The van der Waals surface area contributed by atoms with Crippen LogP contribution in [-0.4, -0.2) is 24.6 Å². The van der Waals surface area contributed by atoms with Gasteiger partial charge in [0.25, 0.3) is 0 Å². The van der Waals surface area contributed by atoms with Crippen molar-refractivity contribution in [1.29, 1.82) is 0 Å². The first-order valence-corrected chi connectivity index (χ1v) is 5.11. The summed E-state index contributed by atoms with van der Waals surface area (Å²) in [7, 11) is 0. The van der Waals surface area contributed by atoms with E-state index in [2.05, 4.69) is 26.0 Å². The van der Waals surface area contributed by atoms with Crippen LogP contribution in [0.3, 0.4) is 0 Å². The smallest absolute Gasteiger partial charge is 0.404 e.